The van der Waals surface area contributed by atoms with Gasteiger partial charge in [0.1, 0.15) is 24.0 Å². The van der Waals surface area contributed by atoms with Gasteiger partial charge in [-0.2, -0.15) is 0 Å². The molecule has 3 rings (SSSR count). The van der Waals surface area contributed by atoms with Gasteiger partial charge < -0.3 is 15.2 Å². The van der Waals surface area contributed by atoms with Crippen molar-refractivity contribution in [3.63, 3.8) is 0 Å². The summed E-state index contributed by atoms with van der Waals surface area (Å²) < 4.78 is 32.2. The molecule has 6 nitrogen and oxygen atoms in total. The molecule has 0 unspecified atom stereocenters. The molecule has 1 aliphatic heterocycles. The second-order valence-corrected chi connectivity index (χ2v) is 7.48. The number of nitrogens with zero attached hydrogens (tertiary/aromatic N) is 1. The van der Waals surface area contributed by atoms with E-state index >= 15 is 0 Å². The number of hydrogen-bond acceptors (Lipinski definition) is 4. The predicted octanol–water partition coefficient (Wildman–Crippen LogP) is 3.48. The number of aliphatic hydroxyl groups excluding tert-OH is 1. The average molecular weight is 445 g/mol. The van der Waals surface area contributed by atoms with Crippen LogP contribution in [0, 0.1) is 11.6 Å². The molecule has 1 fully saturated rings. The molecule has 3 amide bonds. The van der Waals surface area contributed by atoms with Crippen molar-refractivity contribution >= 4 is 35.1 Å². The number of aliphatic hydroxyl groups is 1. The van der Waals surface area contributed by atoms with Gasteiger partial charge in [-0.25, -0.2) is 13.6 Å². The van der Waals surface area contributed by atoms with Crippen LogP contribution in [0.25, 0.3) is 0 Å². The number of β-amino-alcohol motifs (C(OH)–C–C–N with tert-alkyl or cyclic N) is 1. The minimum absolute atomic E-state index is 0.0775. The number of ether oxygens (including phenoxy) is 1. The number of amides is 3. The summed E-state index contributed by atoms with van der Waals surface area (Å²) in [6.45, 7) is 0.732. The van der Waals surface area contributed by atoms with Crippen molar-refractivity contribution in [1.82, 2.24) is 10.2 Å². The molecule has 2 aromatic carbocycles. The number of urea groups is 1. The Hall–Kier alpha value is -2.42. The van der Waals surface area contributed by atoms with Gasteiger partial charge in [0.15, 0.2) is 11.6 Å². The first-order valence-electron chi connectivity index (χ1n) is 8.47. The topological polar surface area (TPSA) is 78.9 Å². The molecule has 10 heteroatoms. The number of carbonyl (C=O) groups excluding carboxylic acids is 2. The maximum atomic E-state index is 13.6. The third-order valence-electron chi connectivity index (χ3n) is 4.49. The maximum absolute atomic E-state index is 13.6. The predicted molar refractivity (Wildman–Crippen MR) is 102 cm³/mol. The molecule has 0 aliphatic carbocycles. The zero-order valence-corrected chi connectivity index (χ0v) is 16.6. The Kier molecular flexibility index (Phi) is 5.97. The molecule has 2 atom stereocenters. The molecule has 0 bridgehead atoms. The highest BCUT2D eigenvalue weighted by Gasteiger charge is 2.49. The molecule has 2 N–H and O–H groups in total. The van der Waals surface area contributed by atoms with Crippen molar-refractivity contribution in [2.24, 2.45) is 0 Å². The van der Waals surface area contributed by atoms with Crippen LogP contribution in [0.5, 0.6) is 5.75 Å². The highest BCUT2D eigenvalue weighted by Crippen LogP contribution is 2.30. The summed E-state index contributed by atoms with van der Waals surface area (Å²) in [6, 6.07) is 6.70. The number of rotatable bonds is 6. The van der Waals surface area contributed by atoms with E-state index in [9.17, 15) is 23.5 Å². The lowest BCUT2D eigenvalue weighted by molar-refractivity contribution is -0.132. The molecule has 1 saturated heterocycles. The van der Waals surface area contributed by atoms with Crippen LogP contribution in [-0.4, -0.2) is 41.2 Å². The maximum Gasteiger partial charge on any atom is 0.325 e. The number of hydrogen-bond donors (Lipinski definition) is 2. The molecule has 0 saturated carbocycles. The normalized spacial score (nSPS) is 20.0. The van der Waals surface area contributed by atoms with Crippen molar-refractivity contribution in [2.75, 3.05) is 13.2 Å². The highest BCUT2D eigenvalue weighted by atomic mass is 35.5. The molecule has 29 heavy (non-hydrogen) atoms. The van der Waals surface area contributed by atoms with Gasteiger partial charge in [0.05, 0.1) is 11.6 Å². The van der Waals surface area contributed by atoms with Crippen molar-refractivity contribution in [3.8, 4) is 5.75 Å². The van der Waals surface area contributed by atoms with Gasteiger partial charge in [-0.1, -0.05) is 29.3 Å². The van der Waals surface area contributed by atoms with Gasteiger partial charge in [-0.3, -0.25) is 9.69 Å². The molecule has 0 aromatic heterocycles. The van der Waals surface area contributed by atoms with Crippen LogP contribution in [-0.2, 0) is 10.3 Å². The van der Waals surface area contributed by atoms with Crippen LogP contribution in [0.1, 0.15) is 12.5 Å². The molecule has 0 radical (unpaired) electrons. The standard InChI is InChI=1S/C19H16Cl2F2N2O4/c1-19(10-2-5-14(22)15(23)6-10)17(27)25(18(28)24-19)8-12(26)9-29-16-7-11(20)3-4-13(16)21/h2-7,12,26H,8-9H2,1H3,(H,24,28)/t12-,19+/m1/s1. The minimum Gasteiger partial charge on any atom is -0.489 e. The lowest BCUT2D eigenvalue weighted by Crippen LogP contribution is -2.42. The number of halogens is 4. The van der Waals surface area contributed by atoms with Crippen molar-refractivity contribution in [1.29, 1.82) is 0 Å². The second-order valence-electron chi connectivity index (χ2n) is 6.64. The minimum atomic E-state index is -1.59. The summed E-state index contributed by atoms with van der Waals surface area (Å²) in [5, 5.41) is 13.3. The van der Waals surface area contributed by atoms with Crippen LogP contribution in [0.4, 0.5) is 13.6 Å². The van der Waals surface area contributed by atoms with Crippen LogP contribution in [0.2, 0.25) is 10.0 Å². The van der Waals surface area contributed by atoms with E-state index in [0.29, 0.717) is 5.02 Å². The summed E-state index contributed by atoms with van der Waals surface area (Å²) in [4.78, 5) is 25.8. The SMILES string of the molecule is C[C@@]1(c2ccc(F)c(F)c2)NC(=O)N(C[C@@H](O)COc2cc(Cl)ccc2Cl)C1=O. The lowest BCUT2D eigenvalue weighted by atomic mass is 9.92. The van der Waals surface area contributed by atoms with Crippen molar-refractivity contribution in [2.45, 2.75) is 18.6 Å². The zero-order chi connectivity index (χ0) is 21.3. The molecule has 154 valence electrons. The third kappa shape index (κ3) is 4.29. The zero-order valence-electron chi connectivity index (χ0n) is 15.1. The van der Waals surface area contributed by atoms with Gasteiger partial charge in [-0.15, -0.1) is 0 Å². The van der Waals surface area contributed by atoms with Gasteiger partial charge in [0.2, 0.25) is 0 Å². The monoisotopic (exact) mass is 444 g/mol. The van der Waals surface area contributed by atoms with E-state index in [1.165, 1.54) is 25.1 Å². The molecule has 1 aliphatic rings. The quantitative estimate of drug-likeness (QED) is 0.668. The smallest absolute Gasteiger partial charge is 0.325 e. The van der Waals surface area contributed by atoms with Gasteiger partial charge in [0.25, 0.3) is 5.91 Å². The van der Waals surface area contributed by atoms with E-state index in [1.807, 2.05) is 0 Å². The first-order chi connectivity index (χ1) is 13.6. The molecular formula is C19H16Cl2F2N2O4. The Labute approximate surface area is 175 Å². The first-order valence-corrected chi connectivity index (χ1v) is 9.23. The summed E-state index contributed by atoms with van der Waals surface area (Å²) in [5.74, 6) is -2.69. The Morgan fingerprint density at radius 3 is 2.59 bits per heavy atom. The summed E-state index contributed by atoms with van der Waals surface area (Å²) in [6.07, 6.45) is -1.23. The van der Waals surface area contributed by atoms with Gasteiger partial charge in [-0.05, 0) is 36.8 Å². The van der Waals surface area contributed by atoms with Crippen LogP contribution >= 0.6 is 23.2 Å². The summed E-state index contributed by atoms with van der Waals surface area (Å²) >= 11 is 11.8. The van der Waals surface area contributed by atoms with E-state index in [4.69, 9.17) is 27.9 Å². The summed E-state index contributed by atoms with van der Waals surface area (Å²) in [5.41, 5.74) is -1.52. The largest absolute Gasteiger partial charge is 0.489 e. The number of benzene rings is 2. The fourth-order valence-electron chi connectivity index (χ4n) is 2.90. The van der Waals surface area contributed by atoms with E-state index in [0.717, 1.165) is 17.0 Å². The van der Waals surface area contributed by atoms with Crippen molar-refractivity contribution in [3.05, 3.63) is 63.6 Å². The number of nitrogens with one attached hydrogen (secondary N) is 1. The number of imide groups is 1. The lowest BCUT2D eigenvalue weighted by Gasteiger charge is -2.23. The average Bonchev–Trinajstić information content (AvgIpc) is 2.88. The first kappa shape index (κ1) is 21.3. The van der Waals surface area contributed by atoms with E-state index in [-0.39, 0.29) is 29.5 Å². The summed E-state index contributed by atoms with van der Waals surface area (Å²) in [7, 11) is 0. The Balaban J connectivity index is 1.69. The van der Waals surface area contributed by atoms with E-state index in [2.05, 4.69) is 5.32 Å². The fraction of sp³-hybridized carbons (Fsp3) is 0.263. The second kappa shape index (κ2) is 8.14. The molecule has 0 spiro atoms. The Bertz CT molecular complexity index is 975. The van der Waals surface area contributed by atoms with Crippen LogP contribution < -0.4 is 10.1 Å². The van der Waals surface area contributed by atoms with E-state index in [1.54, 1.807) is 6.07 Å². The van der Waals surface area contributed by atoms with Crippen molar-refractivity contribution < 1.29 is 28.2 Å². The highest BCUT2D eigenvalue weighted by molar-refractivity contribution is 6.34. The molecular weight excluding hydrogens is 429 g/mol. The molecule has 2 aromatic rings. The van der Waals surface area contributed by atoms with Gasteiger partial charge in [0, 0.05) is 11.1 Å². The van der Waals surface area contributed by atoms with Crippen LogP contribution in [0.3, 0.4) is 0 Å². The Morgan fingerprint density at radius 1 is 1.17 bits per heavy atom. The Morgan fingerprint density at radius 2 is 1.90 bits per heavy atom. The van der Waals surface area contributed by atoms with Crippen LogP contribution in [0.15, 0.2) is 36.4 Å². The van der Waals surface area contributed by atoms with E-state index < -0.39 is 35.2 Å². The fourth-order valence-corrected chi connectivity index (χ4v) is 3.24. The van der Waals surface area contributed by atoms with Gasteiger partial charge >= 0.3 is 6.03 Å². The number of carbonyl (C=O) groups is 2. The molecule has 1 heterocycles. The third-order valence-corrected chi connectivity index (χ3v) is 5.04.